The smallest absolute Gasteiger partial charge is 0.268 e. The molecule has 0 aliphatic rings. The summed E-state index contributed by atoms with van der Waals surface area (Å²) in [5, 5.41) is 0.346. The summed E-state index contributed by atoms with van der Waals surface area (Å²) in [5.41, 5.74) is 4.08. The van der Waals surface area contributed by atoms with E-state index in [0.717, 1.165) is 18.5 Å². The van der Waals surface area contributed by atoms with Gasteiger partial charge in [0.05, 0.1) is 0 Å². The van der Waals surface area contributed by atoms with Crippen LogP contribution in [0.5, 0.6) is 0 Å². The average Bonchev–Trinajstić information content (AvgIpc) is 2.81. The van der Waals surface area contributed by atoms with Crippen molar-refractivity contribution in [1.29, 1.82) is 0 Å². The predicted molar refractivity (Wildman–Crippen MR) is 71.4 cm³/mol. The molecule has 0 aliphatic carbocycles. The molecule has 0 unspecified atom stereocenters. The predicted octanol–water partition coefficient (Wildman–Crippen LogP) is 2.87. The highest BCUT2D eigenvalue weighted by Gasteiger charge is 2.09. The quantitative estimate of drug-likeness (QED) is 0.863. The summed E-state index contributed by atoms with van der Waals surface area (Å²) in [6.45, 7) is 2.06. The number of carbonyl (C=O) groups is 1. The second-order valence-corrected chi connectivity index (χ2v) is 4.34. The first kappa shape index (κ1) is 12.6. The van der Waals surface area contributed by atoms with E-state index in [9.17, 15) is 4.79 Å². The number of carbonyl (C=O) groups excluding carboxylic acids is 1. The van der Waals surface area contributed by atoms with Gasteiger partial charge in [0.2, 0.25) is 0 Å². The molecule has 94 valence electrons. The molecule has 0 bridgehead atoms. The Hall–Kier alpha value is -1.81. The molecular formula is C13H14ClN3O. The molecule has 2 aromatic heterocycles. The number of hydrogen-bond donors (Lipinski definition) is 1. The van der Waals surface area contributed by atoms with Crippen molar-refractivity contribution in [2.24, 2.45) is 0 Å². The first-order chi connectivity index (χ1) is 8.69. The number of rotatable bonds is 4. The summed E-state index contributed by atoms with van der Waals surface area (Å²) in [6.07, 6.45) is 5.29. The number of hydrogen-bond acceptors (Lipinski definition) is 2. The summed E-state index contributed by atoms with van der Waals surface area (Å²) < 4.78 is 1.59. The second kappa shape index (κ2) is 5.69. The molecule has 0 saturated heterocycles. The molecule has 18 heavy (non-hydrogen) atoms. The van der Waals surface area contributed by atoms with Gasteiger partial charge in [-0.15, -0.1) is 0 Å². The Morgan fingerprint density at radius 1 is 1.39 bits per heavy atom. The number of halogens is 1. The molecule has 0 fully saturated rings. The lowest BCUT2D eigenvalue weighted by Crippen LogP contribution is -2.21. The van der Waals surface area contributed by atoms with Crippen LogP contribution in [-0.4, -0.2) is 15.6 Å². The molecule has 2 heterocycles. The number of aromatic nitrogens is 2. The van der Waals surface area contributed by atoms with Gasteiger partial charge in [0.1, 0.15) is 5.15 Å². The van der Waals surface area contributed by atoms with Gasteiger partial charge in [-0.2, -0.15) is 0 Å². The third-order valence-electron chi connectivity index (χ3n) is 2.45. The van der Waals surface area contributed by atoms with Crippen LogP contribution >= 0.6 is 11.6 Å². The molecule has 2 rings (SSSR count). The fourth-order valence-electron chi connectivity index (χ4n) is 1.66. The van der Waals surface area contributed by atoms with E-state index in [2.05, 4.69) is 17.3 Å². The van der Waals surface area contributed by atoms with Gasteiger partial charge in [-0.25, -0.2) is 4.98 Å². The van der Waals surface area contributed by atoms with Crippen LogP contribution in [0.25, 0.3) is 0 Å². The van der Waals surface area contributed by atoms with E-state index in [4.69, 9.17) is 11.6 Å². The minimum Gasteiger partial charge on any atom is -0.268 e. The Labute approximate surface area is 111 Å². The molecular weight excluding hydrogens is 250 g/mol. The van der Waals surface area contributed by atoms with Crippen LogP contribution in [0.2, 0.25) is 5.15 Å². The van der Waals surface area contributed by atoms with Gasteiger partial charge in [-0.1, -0.05) is 24.9 Å². The van der Waals surface area contributed by atoms with Crippen molar-refractivity contribution in [2.45, 2.75) is 19.8 Å². The van der Waals surface area contributed by atoms with Gasteiger partial charge in [0.25, 0.3) is 5.91 Å². The summed E-state index contributed by atoms with van der Waals surface area (Å²) in [6, 6.07) is 7.01. The molecule has 0 spiro atoms. The van der Waals surface area contributed by atoms with Gasteiger partial charge >= 0.3 is 0 Å². The Morgan fingerprint density at radius 3 is 2.78 bits per heavy atom. The molecule has 5 heteroatoms. The van der Waals surface area contributed by atoms with Crippen molar-refractivity contribution in [3.63, 3.8) is 0 Å². The highest BCUT2D eigenvalue weighted by Crippen LogP contribution is 2.12. The third-order valence-corrected chi connectivity index (χ3v) is 2.64. The number of aryl methyl sites for hydroxylation is 1. The summed E-state index contributed by atoms with van der Waals surface area (Å²) >= 11 is 5.91. The van der Waals surface area contributed by atoms with Crippen LogP contribution in [0.15, 0.2) is 36.7 Å². The van der Waals surface area contributed by atoms with Gasteiger partial charge in [0, 0.05) is 23.7 Å². The first-order valence-electron chi connectivity index (χ1n) is 5.80. The van der Waals surface area contributed by atoms with Crippen LogP contribution in [0.1, 0.15) is 29.4 Å². The monoisotopic (exact) mass is 263 g/mol. The maximum atomic E-state index is 12.0. The van der Waals surface area contributed by atoms with Crippen molar-refractivity contribution < 1.29 is 4.79 Å². The van der Waals surface area contributed by atoms with E-state index in [0.29, 0.717) is 10.7 Å². The largest absolute Gasteiger partial charge is 0.270 e. The Kier molecular flexibility index (Phi) is 3.99. The molecule has 0 aromatic carbocycles. The zero-order valence-electron chi connectivity index (χ0n) is 10.1. The molecule has 0 saturated carbocycles. The van der Waals surface area contributed by atoms with Crippen molar-refractivity contribution in [3.8, 4) is 0 Å². The molecule has 0 atom stereocenters. The topological polar surface area (TPSA) is 46.9 Å². The Morgan fingerprint density at radius 2 is 2.11 bits per heavy atom. The summed E-state index contributed by atoms with van der Waals surface area (Å²) in [4.78, 5) is 16.2. The number of nitrogens with one attached hydrogen (secondary N) is 1. The van der Waals surface area contributed by atoms with E-state index in [1.807, 2.05) is 12.1 Å². The molecule has 1 amide bonds. The standard InChI is InChI=1S/C13H14ClN3O/c1-2-5-11-8-10(9-12(14)15-11)13(18)16-17-6-3-4-7-17/h3-4,6-9H,2,5H2,1H3,(H,16,18). The van der Waals surface area contributed by atoms with Crippen LogP contribution < -0.4 is 5.43 Å². The molecule has 0 aliphatic heterocycles. The van der Waals surface area contributed by atoms with Crippen LogP contribution in [0.4, 0.5) is 0 Å². The minimum atomic E-state index is -0.201. The Bertz CT molecular complexity index is 537. The van der Waals surface area contributed by atoms with E-state index in [-0.39, 0.29) is 5.91 Å². The summed E-state index contributed by atoms with van der Waals surface area (Å²) in [5.74, 6) is -0.201. The molecule has 1 N–H and O–H groups in total. The van der Waals surface area contributed by atoms with E-state index < -0.39 is 0 Å². The normalized spacial score (nSPS) is 10.3. The van der Waals surface area contributed by atoms with Gasteiger partial charge in [-0.3, -0.25) is 14.9 Å². The zero-order valence-corrected chi connectivity index (χ0v) is 10.8. The SMILES string of the molecule is CCCc1cc(C(=O)Nn2cccc2)cc(Cl)n1. The van der Waals surface area contributed by atoms with E-state index >= 15 is 0 Å². The van der Waals surface area contributed by atoms with E-state index in [1.165, 1.54) is 0 Å². The highest BCUT2D eigenvalue weighted by molar-refractivity contribution is 6.29. The minimum absolute atomic E-state index is 0.201. The van der Waals surface area contributed by atoms with Gasteiger partial charge < -0.3 is 0 Å². The lowest BCUT2D eigenvalue weighted by molar-refractivity contribution is 0.101. The number of nitrogens with zero attached hydrogens (tertiary/aromatic N) is 2. The fourth-order valence-corrected chi connectivity index (χ4v) is 1.88. The lowest BCUT2D eigenvalue weighted by atomic mass is 10.1. The van der Waals surface area contributed by atoms with Crippen LogP contribution in [0.3, 0.4) is 0 Å². The van der Waals surface area contributed by atoms with Crippen molar-refractivity contribution in [3.05, 3.63) is 53.1 Å². The van der Waals surface area contributed by atoms with Gasteiger partial charge in [-0.05, 0) is 30.7 Å². The number of amides is 1. The van der Waals surface area contributed by atoms with Crippen molar-refractivity contribution >= 4 is 17.5 Å². The van der Waals surface area contributed by atoms with Crippen LogP contribution in [-0.2, 0) is 6.42 Å². The Balaban J connectivity index is 2.19. The lowest BCUT2D eigenvalue weighted by Gasteiger charge is -2.07. The van der Waals surface area contributed by atoms with Gasteiger partial charge in [0.15, 0.2) is 0 Å². The number of pyridine rings is 1. The third kappa shape index (κ3) is 3.11. The maximum absolute atomic E-state index is 12.0. The first-order valence-corrected chi connectivity index (χ1v) is 6.17. The summed E-state index contributed by atoms with van der Waals surface area (Å²) in [7, 11) is 0. The fraction of sp³-hybridized carbons (Fsp3) is 0.231. The molecule has 2 aromatic rings. The molecule has 4 nitrogen and oxygen atoms in total. The zero-order chi connectivity index (χ0) is 13.0. The highest BCUT2D eigenvalue weighted by atomic mass is 35.5. The molecule has 0 radical (unpaired) electrons. The average molecular weight is 264 g/mol. The van der Waals surface area contributed by atoms with Crippen molar-refractivity contribution in [2.75, 3.05) is 5.43 Å². The van der Waals surface area contributed by atoms with E-state index in [1.54, 1.807) is 29.2 Å². The maximum Gasteiger partial charge on any atom is 0.270 e. The van der Waals surface area contributed by atoms with Crippen LogP contribution in [0, 0.1) is 0 Å². The van der Waals surface area contributed by atoms with Crippen molar-refractivity contribution in [1.82, 2.24) is 9.66 Å². The second-order valence-electron chi connectivity index (χ2n) is 3.95.